The highest BCUT2D eigenvalue weighted by atomic mass is 79.9. The van der Waals surface area contributed by atoms with Crippen LogP contribution < -0.4 is 15.6 Å². The van der Waals surface area contributed by atoms with Crippen molar-refractivity contribution in [3.63, 3.8) is 0 Å². The van der Waals surface area contributed by atoms with E-state index < -0.39 is 5.91 Å². The highest BCUT2D eigenvalue weighted by Crippen LogP contribution is 2.23. The van der Waals surface area contributed by atoms with Gasteiger partial charge in [0.15, 0.2) is 0 Å². The summed E-state index contributed by atoms with van der Waals surface area (Å²) in [5, 5.41) is 6.85. The average Bonchev–Trinajstić information content (AvgIpc) is 2.69. The molecule has 28 heavy (non-hydrogen) atoms. The first-order valence-electron chi connectivity index (χ1n) is 8.84. The van der Waals surface area contributed by atoms with Gasteiger partial charge in [0.2, 0.25) is 5.88 Å². The number of halogens is 1. The molecule has 7 nitrogen and oxygen atoms in total. The van der Waals surface area contributed by atoms with Crippen LogP contribution in [0.3, 0.4) is 0 Å². The zero-order valence-electron chi connectivity index (χ0n) is 15.3. The van der Waals surface area contributed by atoms with E-state index in [1.807, 2.05) is 31.2 Å². The monoisotopic (exact) mass is 442 g/mol. The van der Waals surface area contributed by atoms with Gasteiger partial charge in [-0.25, -0.2) is 9.67 Å². The summed E-state index contributed by atoms with van der Waals surface area (Å²) >= 11 is 3.38. The lowest BCUT2D eigenvalue weighted by Gasteiger charge is -2.08. The number of nitrogens with zero attached hydrogens (tertiary/aromatic N) is 3. The molecular weight excluding hydrogens is 424 g/mol. The number of aryl methyl sites for hydroxylation is 1. The highest BCUT2D eigenvalue weighted by Gasteiger charge is 2.10. The predicted molar refractivity (Wildman–Crippen MR) is 110 cm³/mol. The SMILES string of the molecule is CCCCn1nc(C(=O)Nc2ccc(Oc3cccc(Br)c3)nc2)ccc1=O. The summed E-state index contributed by atoms with van der Waals surface area (Å²) in [6, 6.07) is 13.5. The Labute approximate surface area is 170 Å². The first-order chi connectivity index (χ1) is 13.5. The van der Waals surface area contributed by atoms with Crippen LogP contribution in [0.1, 0.15) is 30.3 Å². The number of amides is 1. The molecule has 0 bridgehead atoms. The maximum atomic E-state index is 12.4. The molecule has 1 aromatic carbocycles. The maximum absolute atomic E-state index is 12.4. The average molecular weight is 443 g/mol. The molecule has 1 N–H and O–H groups in total. The molecule has 0 unspecified atom stereocenters. The van der Waals surface area contributed by atoms with Gasteiger partial charge >= 0.3 is 0 Å². The number of aromatic nitrogens is 3. The second-order valence-corrected chi connectivity index (χ2v) is 6.95. The number of anilines is 1. The summed E-state index contributed by atoms with van der Waals surface area (Å²) in [6.45, 7) is 2.51. The van der Waals surface area contributed by atoms with Gasteiger partial charge in [0, 0.05) is 23.2 Å². The molecule has 3 rings (SSSR count). The summed E-state index contributed by atoms with van der Waals surface area (Å²) < 4.78 is 7.88. The number of nitrogens with one attached hydrogen (secondary N) is 1. The van der Waals surface area contributed by atoms with Gasteiger partial charge in [-0.15, -0.1) is 0 Å². The molecule has 0 fully saturated rings. The Hall–Kier alpha value is -3.00. The second-order valence-electron chi connectivity index (χ2n) is 6.03. The second kappa shape index (κ2) is 9.27. The van der Waals surface area contributed by atoms with E-state index in [9.17, 15) is 9.59 Å². The minimum absolute atomic E-state index is 0.171. The summed E-state index contributed by atoms with van der Waals surface area (Å²) in [5.41, 5.74) is 0.450. The lowest BCUT2D eigenvalue weighted by atomic mass is 10.3. The molecule has 0 saturated carbocycles. The van der Waals surface area contributed by atoms with Crippen LogP contribution >= 0.6 is 15.9 Å². The number of unbranched alkanes of at least 4 members (excludes halogenated alkanes) is 1. The quantitative estimate of drug-likeness (QED) is 0.590. The lowest BCUT2D eigenvalue weighted by molar-refractivity contribution is 0.101. The van der Waals surface area contributed by atoms with E-state index in [2.05, 4.69) is 31.3 Å². The Morgan fingerprint density at radius 3 is 2.79 bits per heavy atom. The van der Waals surface area contributed by atoms with Crippen LogP contribution in [0.4, 0.5) is 5.69 Å². The van der Waals surface area contributed by atoms with Crippen molar-refractivity contribution >= 4 is 27.5 Å². The number of hydrogen-bond acceptors (Lipinski definition) is 5. The van der Waals surface area contributed by atoms with Crippen molar-refractivity contribution in [2.45, 2.75) is 26.3 Å². The Bertz CT molecular complexity index is 1020. The third-order valence-electron chi connectivity index (χ3n) is 3.84. The fourth-order valence-electron chi connectivity index (χ4n) is 2.40. The fraction of sp³-hybridized carbons (Fsp3) is 0.200. The van der Waals surface area contributed by atoms with Gasteiger partial charge < -0.3 is 10.1 Å². The van der Waals surface area contributed by atoms with Crippen LogP contribution in [0.25, 0.3) is 0 Å². The summed E-state index contributed by atoms with van der Waals surface area (Å²) in [5.74, 6) is 0.646. The molecule has 0 aliphatic carbocycles. The number of pyridine rings is 1. The van der Waals surface area contributed by atoms with Gasteiger partial charge in [-0.2, -0.15) is 5.10 Å². The van der Waals surface area contributed by atoms with Crippen molar-refractivity contribution in [2.24, 2.45) is 0 Å². The molecule has 0 aliphatic heterocycles. The molecule has 3 aromatic rings. The smallest absolute Gasteiger partial charge is 0.276 e. The molecule has 2 heterocycles. The van der Waals surface area contributed by atoms with Gasteiger partial charge in [0.05, 0.1) is 11.9 Å². The van der Waals surface area contributed by atoms with Gasteiger partial charge in [-0.3, -0.25) is 9.59 Å². The normalized spacial score (nSPS) is 10.5. The summed E-state index contributed by atoms with van der Waals surface area (Å²) in [7, 11) is 0. The topological polar surface area (TPSA) is 86.1 Å². The number of carbonyl (C=O) groups excluding carboxylic acids is 1. The minimum Gasteiger partial charge on any atom is -0.439 e. The molecule has 0 aliphatic rings. The van der Waals surface area contributed by atoms with E-state index in [4.69, 9.17) is 4.74 Å². The van der Waals surface area contributed by atoms with Gasteiger partial charge in [-0.1, -0.05) is 35.3 Å². The molecule has 1 amide bonds. The van der Waals surface area contributed by atoms with Crippen molar-refractivity contribution in [2.75, 3.05) is 5.32 Å². The van der Waals surface area contributed by atoms with E-state index >= 15 is 0 Å². The van der Waals surface area contributed by atoms with E-state index in [0.29, 0.717) is 23.9 Å². The highest BCUT2D eigenvalue weighted by molar-refractivity contribution is 9.10. The van der Waals surface area contributed by atoms with Crippen molar-refractivity contribution in [1.29, 1.82) is 0 Å². The third-order valence-corrected chi connectivity index (χ3v) is 4.33. The molecule has 144 valence electrons. The van der Waals surface area contributed by atoms with Crippen molar-refractivity contribution in [1.82, 2.24) is 14.8 Å². The first-order valence-corrected chi connectivity index (χ1v) is 9.63. The van der Waals surface area contributed by atoms with Crippen LogP contribution in [0, 0.1) is 0 Å². The first kappa shape index (κ1) is 19.8. The Morgan fingerprint density at radius 1 is 1.21 bits per heavy atom. The van der Waals surface area contributed by atoms with Crippen molar-refractivity contribution in [3.8, 4) is 11.6 Å². The van der Waals surface area contributed by atoms with E-state index in [-0.39, 0.29) is 11.3 Å². The summed E-state index contributed by atoms with van der Waals surface area (Å²) in [6.07, 6.45) is 3.25. The molecule has 0 saturated heterocycles. The van der Waals surface area contributed by atoms with Crippen LogP contribution in [0.2, 0.25) is 0 Å². The number of ether oxygens (including phenoxy) is 1. The van der Waals surface area contributed by atoms with Crippen LogP contribution in [-0.4, -0.2) is 20.7 Å². The number of carbonyl (C=O) groups is 1. The number of hydrogen-bond donors (Lipinski definition) is 1. The summed E-state index contributed by atoms with van der Waals surface area (Å²) in [4.78, 5) is 28.4. The van der Waals surface area contributed by atoms with Gasteiger partial charge in [-0.05, 0) is 36.8 Å². The molecule has 2 aromatic heterocycles. The zero-order chi connectivity index (χ0) is 19.9. The minimum atomic E-state index is -0.410. The largest absolute Gasteiger partial charge is 0.439 e. The van der Waals surface area contributed by atoms with E-state index in [1.54, 1.807) is 12.1 Å². The Morgan fingerprint density at radius 2 is 2.07 bits per heavy atom. The van der Waals surface area contributed by atoms with E-state index in [0.717, 1.165) is 17.3 Å². The molecule has 0 spiro atoms. The molecule has 0 atom stereocenters. The van der Waals surface area contributed by atoms with Crippen LogP contribution in [-0.2, 0) is 6.54 Å². The fourth-order valence-corrected chi connectivity index (χ4v) is 2.78. The lowest BCUT2D eigenvalue weighted by Crippen LogP contribution is -2.26. The van der Waals surface area contributed by atoms with Gasteiger partial charge in [0.25, 0.3) is 11.5 Å². The van der Waals surface area contributed by atoms with Crippen molar-refractivity contribution in [3.05, 3.63) is 75.2 Å². The Balaban J connectivity index is 1.66. The van der Waals surface area contributed by atoms with Crippen molar-refractivity contribution < 1.29 is 9.53 Å². The molecule has 0 radical (unpaired) electrons. The number of benzene rings is 1. The molecule has 8 heteroatoms. The van der Waals surface area contributed by atoms with Gasteiger partial charge in [0.1, 0.15) is 11.4 Å². The Kier molecular flexibility index (Phi) is 6.54. The molecular formula is C20H19BrN4O3. The predicted octanol–water partition coefficient (Wildman–Crippen LogP) is 4.25. The zero-order valence-corrected chi connectivity index (χ0v) is 16.8. The third kappa shape index (κ3) is 5.26. The number of rotatable bonds is 7. The maximum Gasteiger partial charge on any atom is 0.276 e. The standard InChI is InChI=1S/C20H19BrN4O3/c1-2-3-11-25-19(26)10-8-17(24-25)20(27)23-15-7-9-18(22-13-15)28-16-6-4-5-14(21)12-16/h4-10,12-13H,2-3,11H2,1H3,(H,23,27). The van der Waals surface area contributed by atoms with Crippen LogP contribution in [0.15, 0.2) is 64.0 Å². The van der Waals surface area contributed by atoms with Crippen LogP contribution in [0.5, 0.6) is 11.6 Å². The van der Waals surface area contributed by atoms with E-state index in [1.165, 1.54) is 23.0 Å².